The molecule has 0 spiro atoms. The highest BCUT2D eigenvalue weighted by molar-refractivity contribution is 7.90. The van der Waals surface area contributed by atoms with Gasteiger partial charge in [0.1, 0.15) is 0 Å². The van der Waals surface area contributed by atoms with Crippen LogP contribution in [-0.2, 0) is 20.4 Å². The van der Waals surface area contributed by atoms with Gasteiger partial charge in [0, 0.05) is 18.2 Å². The van der Waals surface area contributed by atoms with Crippen molar-refractivity contribution in [2.75, 3.05) is 17.9 Å². The van der Waals surface area contributed by atoms with Crippen molar-refractivity contribution in [3.8, 4) is 11.5 Å². The summed E-state index contributed by atoms with van der Waals surface area (Å²) in [6, 6.07) is 13.9. The van der Waals surface area contributed by atoms with Crippen molar-refractivity contribution >= 4 is 21.4 Å². The number of benzene rings is 2. The molecule has 0 saturated carbocycles. The lowest BCUT2D eigenvalue weighted by Gasteiger charge is -2.07. The first kappa shape index (κ1) is 16.3. The molecule has 24 heavy (non-hydrogen) atoms. The molecule has 0 atom stereocenters. The van der Waals surface area contributed by atoms with Crippen LogP contribution in [0.2, 0.25) is 0 Å². The molecule has 1 aliphatic heterocycles. The number of rotatable bonds is 6. The molecule has 2 aromatic carbocycles. The fourth-order valence-corrected chi connectivity index (χ4v) is 3.69. The van der Waals surface area contributed by atoms with Crippen molar-refractivity contribution in [3.05, 3.63) is 54.1 Å². The summed E-state index contributed by atoms with van der Waals surface area (Å²) < 4.78 is 34.6. The fourth-order valence-electron chi connectivity index (χ4n) is 2.35. The molecule has 1 amide bonds. The minimum atomic E-state index is -3.34. The summed E-state index contributed by atoms with van der Waals surface area (Å²) in [5, 5.41) is 2.67. The predicted octanol–water partition coefficient (Wildman–Crippen LogP) is 2.36. The molecule has 1 aliphatic rings. The van der Waals surface area contributed by atoms with Crippen LogP contribution >= 0.6 is 0 Å². The van der Waals surface area contributed by atoms with Crippen LogP contribution in [0.25, 0.3) is 0 Å². The monoisotopic (exact) mass is 347 g/mol. The quantitative estimate of drug-likeness (QED) is 0.867. The molecule has 0 aliphatic carbocycles. The number of amides is 1. The number of fused-ring (bicyclic) bond motifs is 1. The maximum atomic E-state index is 12.1. The van der Waals surface area contributed by atoms with Crippen LogP contribution in [0.5, 0.6) is 11.5 Å². The highest BCUT2D eigenvalue weighted by Gasteiger charge is 2.16. The summed E-state index contributed by atoms with van der Waals surface area (Å²) in [6.07, 6.45) is -0.0936. The van der Waals surface area contributed by atoms with Crippen LogP contribution in [0, 0.1) is 0 Å². The SMILES string of the molecule is O=C(CCS(=O)(=O)Cc1ccccc1)Nc1ccc2c(c1)OCO2. The number of hydrogen-bond acceptors (Lipinski definition) is 5. The highest BCUT2D eigenvalue weighted by Crippen LogP contribution is 2.34. The molecule has 3 rings (SSSR count). The minimum absolute atomic E-state index is 0.0643. The Balaban J connectivity index is 1.53. The summed E-state index contributed by atoms with van der Waals surface area (Å²) in [4.78, 5) is 12.0. The van der Waals surface area contributed by atoms with Gasteiger partial charge in [-0.05, 0) is 17.7 Å². The van der Waals surface area contributed by atoms with E-state index in [4.69, 9.17) is 9.47 Å². The van der Waals surface area contributed by atoms with E-state index >= 15 is 0 Å². The number of hydrogen-bond donors (Lipinski definition) is 1. The first-order valence-electron chi connectivity index (χ1n) is 7.46. The molecular weight excluding hydrogens is 330 g/mol. The van der Waals surface area contributed by atoms with E-state index in [1.165, 1.54) is 0 Å². The normalized spacial score (nSPS) is 12.8. The second kappa shape index (κ2) is 6.92. The van der Waals surface area contributed by atoms with Crippen LogP contribution in [-0.4, -0.2) is 26.9 Å². The maximum absolute atomic E-state index is 12.1. The Hall–Kier alpha value is -2.54. The van der Waals surface area contributed by atoms with Crippen LogP contribution in [0.4, 0.5) is 5.69 Å². The average Bonchev–Trinajstić information content (AvgIpc) is 3.01. The minimum Gasteiger partial charge on any atom is -0.454 e. The standard InChI is InChI=1S/C17H17NO5S/c19-17(18-14-6-7-15-16(10-14)23-12-22-15)8-9-24(20,21)11-13-4-2-1-3-5-13/h1-7,10H,8-9,11-12H2,(H,18,19). The van der Waals surface area contributed by atoms with Gasteiger partial charge in [-0.1, -0.05) is 30.3 Å². The van der Waals surface area contributed by atoms with E-state index in [9.17, 15) is 13.2 Å². The highest BCUT2D eigenvalue weighted by atomic mass is 32.2. The van der Waals surface area contributed by atoms with Crippen molar-refractivity contribution in [3.63, 3.8) is 0 Å². The molecular formula is C17H17NO5S. The van der Waals surface area contributed by atoms with Crippen molar-refractivity contribution in [1.29, 1.82) is 0 Å². The van der Waals surface area contributed by atoms with Crippen molar-refractivity contribution in [1.82, 2.24) is 0 Å². The molecule has 7 heteroatoms. The maximum Gasteiger partial charge on any atom is 0.231 e. The van der Waals surface area contributed by atoms with E-state index in [2.05, 4.69) is 5.32 Å². The molecule has 2 aromatic rings. The molecule has 126 valence electrons. The number of ether oxygens (including phenoxy) is 2. The van der Waals surface area contributed by atoms with E-state index < -0.39 is 9.84 Å². The number of sulfone groups is 1. The lowest BCUT2D eigenvalue weighted by atomic mass is 10.2. The lowest BCUT2D eigenvalue weighted by molar-refractivity contribution is -0.115. The molecule has 0 bridgehead atoms. The van der Waals surface area contributed by atoms with E-state index in [0.717, 1.165) is 0 Å². The van der Waals surface area contributed by atoms with E-state index in [1.807, 2.05) is 6.07 Å². The molecule has 6 nitrogen and oxygen atoms in total. The summed E-state index contributed by atoms with van der Waals surface area (Å²) in [7, 11) is -3.34. The van der Waals surface area contributed by atoms with Crippen molar-refractivity contribution < 1.29 is 22.7 Å². The zero-order valence-electron chi connectivity index (χ0n) is 12.9. The second-order valence-corrected chi connectivity index (χ2v) is 7.63. The van der Waals surface area contributed by atoms with Gasteiger partial charge >= 0.3 is 0 Å². The summed E-state index contributed by atoms with van der Waals surface area (Å²) in [5.74, 6) is 0.567. The molecule has 1 heterocycles. The summed E-state index contributed by atoms with van der Waals surface area (Å²) in [5.41, 5.74) is 1.26. The third-order valence-corrected chi connectivity index (χ3v) is 5.13. The van der Waals surface area contributed by atoms with E-state index in [0.29, 0.717) is 22.7 Å². The smallest absolute Gasteiger partial charge is 0.231 e. The van der Waals surface area contributed by atoms with Gasteiger partial charge in [-0.25, -0.2) is 8.42 Å². The van der Waals surface area contributed by atoms with Gasteiger partial charge in [-0.2, -0.15) is 0 Å². The van der Waals surface area contributed by atoms with Crippen LogP contribution in [0.15, 0.2) is 48.5 Å². The molecule has 0 saturated heterocycles. The topological polar surface area (TPSA) is 81.7 Å². The fraction of sp³-hybridized carbons (Fsp3) is 0.235. The Morgan fingerprint density at radius 2 is 1.79 bits per heavy atom. The zero-order chi connectivity index (χ0) is 17.0. The zero-order valence-corrected chi connectivity index (χ0v) is 13.7. The summed E-state index contributed by atoms with van der Waals surface area (Å²) >= 11 is 0. The third-order valence-electron chi connectivity index (χ3n) is 3.53. The second-order valence-electron chi connectivity index (χ2n) is 5.44. The van der Waals surface area contributed by atoms with Gasteiger partial charge in [0.05, 0.1) is 11.5 Å². The van der Waals surface area contributed by atoms with E-state index in [-0.39, 0.29) is 30.6 Å². The largest absolute Gasteiger partial charge is 0.454 e. The molecule has 0 aromatic heterocycles. The van der Waals surface area contributed by atoms with Crippen molar-refractivity contribution in [2.24, 2.45) is 0 Å². The third kappa shape index (κ3) is 4.26. The Bertz CT molecular complexity index is 833. The Labute approximate surface area is 140 Å². The molecule has 1 N–H and O–H groups in total. The van der Waals surface area contributed by atoms with Gasteiger partial charge in [0.15, 0.2) is 21.3 Å². The Morgan fingerprint density at radius 3 is 2.58 bits per heavy atom. The molecule has 0 unspecified atom stereocenters. The van der Waals surface area contributed by atoms with Crippen LogP contribution in [0.3, 0.4) is 0 Å². The predicted molar refractivity (Wildman–Crippen MR) is 89.7 cm³/mol. The molecule has 0 fully saturated rings. The Morgan fingerprint density at radius 1 is 1.04 bits per heavy atom. The number of anilines is 1. The van der Waals surface area contributed by atoms with Crippen LogP contribution < -0.4 is 14.8 Å². The number of carbonyl (C=O) groups excluding carboxylic acids is 1. The summed E-state index contributed by atoms with van der Waals surface area (Å²) in [6.45, 7) is 0.157. The van der Waals surface area contributed by atoms with Gasteiger partial charge in [-0.3, -0.25) is 4.79 Å². The van der Waals surface area contributed by atoms with Gasteiger partial charge in [0.25, 0.3) is 0 Å². The van der Waals surface area contributed by atoms with Gasteiger partial charge < -0.3 is 14.8 Å². The Kier molecular flexibility index (Phi) is 4.71. The number of nitrogens with one attached hydrogen (secondary N) is 1. The molecule has 0 radical (unpaired) electrons. The average molecular weight is 347 g/mol. The number of carbonyl (C=O) groups is 1. The van der Waals surface area contributed by atoms with Gasteiger partial charge in [-0.15, -0.1) is 0 Å². The first-order valence-corrected chi connectivity index (χ1v) is 9.28. The van der Waals surface area contributed by atoms with Crippen molar-refractivity contribution in [2.45, 2.75) is 12.2 Å². The first-order chi connectivity index (χ1) is 11.5. The van der Waals surface area contributed by atoms with E-state index in [1.54, 1.807) is 42.5 Å². The van der Waals surface area contributed by atoms with Crippen LogP contribution in [0.1, 0.15) is 12.0 Å². The lowest BCUT2D eigenvalue weighted by Crippen LogP contribution is -2.18. The van der Waals surface area contributed by atoms with Gasteiger partial charge in [0.2, 0.25) is 12.7 Å².